The molecule has 1 heterocycles. The summed E-state index contributed by atoms with van der Waals surface area (Å²) >= 11 is 0. The number of benzene rings is 2. The highest BCUT2D eigenvalue weighted by Crippen LogP contribution is 2.37. The van der Waals surface area contributed by atoms with Crippen LogP contribution in [0.15, 0.2) is 42.5 Å². The largest absolute Gasteiger partial charge is 0.495 e. The number of ether oxygens (including phenoxy) is 1. The van der Waals surface area contributed by atoms with Gasteiger partial charge in [0, 0.05) is 0 Å². The predicted octanol–water partition coefficient (Wildman–Crippen LogP) is 3.14. The van der Waals surface area contributed by atoms with Crippen LogP contribution in [0.1, 0.15) is 38.8 Å². The highest BCUT2D eigenvalue weighted by atomic mass is 16.7. The second-order valence-electron chi connectivity index (χ2n) is 7.35. The normalized spacial score (nSPS) is 17.8. The molecule has 134 valence electrons. The molecule has 0 spiro atoms. The van der Waals surface area contributed by atoms with E-state index in [1.165, 1.54) is 0 Å². The first-order chi connectivity index (χ1) is 12.3. The van der Waals surface area contributed by atoms with Crippen LogP contribution < -0.4 is 10.2 Å². The lowest BCUT2D eigenvalue weighted by Crippen LogP contribution is -2.41. The van der Waals surface area contributed by atoms with Crippen molar-refractivity contribution in [3.63, 3.8) is 0 Å². The van der Waals surface area contributed by atoms with Gasteiger partial charge in [-0.2, -0.15) is 5.26 Å². The average Bonchev–Trinajstić information content (AvgIpc) is 2.83. The van der Waals surface area contributed by atoms with Crippen LogP contribution in [0.3, 0.4) is 0 Å². The maximum absolute atomic E-state index is 9.80. The molecule has 0 saturated carbocycles. The van der Waals surface area contributed by atoms with Crippen LogP contribution in [0.2, 0.25) is 0 Å². The molecule has 1 fully saturated rings. The van der Waals surface area contributed by atoms with Crippen molar-refractivity contribution >= 4 is 12.6 Å². The molecule has 1 N–H and O–H groups in total. The fraction of sp³-hybridized carbons (Fsp3) is 0.350. The fourth-order valence-corrected chi connectivity index (χ4v) is 2.72. The molecule has 1 saturated heterocycles. The molecule has 0 radical (unpaired) electrons. The van der Waals surface area contributed by atoms with E-state index in [0.717, 1.165) is 5.46 Å². The van der Waals surface area contributed by atoms with Gasteiger partial charge in [0.25, 0.3) is 0 Å². The van der Waals surface area contributed by atoms with Crippen molar-refractivity contribution in [2.24, 2.45) is 0 Å². The van der Waals surface area contributed by atoms with Crippen LogP contribution in [-0.4, -0.2) is 23.4 Å². The number of nitrogens with zero attached hydrogens (tertiary/aromatic N) is 1. The van der Waals surface area contributed by atoms with Crippen LogP contribution in [-0.2, 0) is 15.9 Å². The van der Waals surface area contributed by atoms with Crippen molar-refractivity contribution in [1.29, 1.82) is 5.26 Å². The maximum atomic E-state index is 9.80. The number of rotatable bonds is 4. The Labute approximate surface area is 154 Å². The van der Waals surface area contributed by atoms with Gasteiger partial charge >= 0.3 is 7.12 Å². The Morgan fingerprint density at radius 1 is 1.00 bits per heavy atom. The third kappa shape index (κ3) is 3.47. The summed E-state index contributed by atoms with van der Waals surface area (Å²) in [4.78, 5) is 0. The minimum absolute atomic E-state index is 0.149. The zero-order chi connectivity index (χ0) is 18.9. The molecule has 0 bridgehead atoms. The number of hydrogen-bond donors (Lipinski definition) is 1. The second-order valence-corrected chi connectivity index (χ2v) is 7.35. The Morgan fingerprint density at radius 2 is 1.58 bits per heavy atom. The average molecular weight is 351 g/mol. The first kappa shape index (κ1) is 18.5. The zero-order valence-corrected chi connectivity index (χ0v) is 15.4. The number of nitriles is 1. The molecule has 0 unspecified atom stereocenters. The van der Waals surface area contributed by atoms with Crippen molar-refractivity contribution in [2.45, 2.75) is 45.5 Å². The summed E-state index contributed by atoms with van der Waals surface area (Å²) in [6.07, 6.45) is 0. The van der Waals surface area contributed by atoms with E-state index in [4.69, 9.17) is 19.3 Å². The lowest BCUT2D eigenvalue weighted by molar-refractivity contribution is 0.00578. The number of aliphatic hydroxyl groups excluding tert-OH is 1. The summed E-state index contributed by atoms with van der Waals surface area (Å²) < 4.78 is 18.0. The van der Waals surface area contributed by atoms with Gasteiger partial charge in [-0.25, -0.2) is 0 Å². The van der Waals surface area contributed by atoms with Gasteiger partial charge < -0.3 is 19.2 Å². The van der Waals surface area contributed by atoms with Crippen LogP contribution in [0.5, 0.6) is 11.5 Å². The summed E-state index contributed by atoms with van der Waals surface area (Å²) in [6.45, 7) is 7.83. The van der Waals surface area contributed by atoms with Gasteiger partial charge in [0.05, 0.1) is 29.4 Å². The molecule has 0 atom stereocenters. The van der Waals surface area contributed by atoms with E-state index >= 15 is 0 Å². The van der Waals surface area contributed by atoms with Crippen molar-refractivity contribution < 1.29 is 19.2 Å². The molecular formula is C20H22BNO4. The molecule has 1 aliphatic heterocycles. The Balaban J connectivity index is 1.83. The first-order valence-corrected chi connectivity index (χ1v) is 8.53. The molecule has 2 aromatic rings. The third-order valence-corrected chi connectivity index (χ3v) is 5.01. The predicted molar refractivity (Wildman–Crippen MR) is 99.3 cm³/mol. The topological polar surface area (TPSA) is 71.7 Å². The smallest absolute Gasteiger partial charge is 0.457 e. The molecule has 26 heavy (non-hydrogen) atoms. The molecule has 2 aromatic carbocycles. The molecule has 5 nitrogen and oxygen atoms in total. The van der Waals surface area contributed by atoms with Gasteiger partial charge in [0.1, 0.15) is 11.5 Å². The number of aliphatic hydroxyl groups is 1. The van der Waals surface area contributed by atoms with Crippen LogP contribution >= 0.6 is 0 Å². The highest BCUT2D eigenvalue weighted by Gasteiger charge is 2.52. The minimum Gasteiger partial charge on any atom is -0.457 e. The van der Waals surface area contributed by atoms with Crippen molar-refractivity contribution in [3.05, 3.63) is 53.6 Å². The van der Waals surface area contributed by atoms with Gasteiger partial charge in [-0.05, 0) is 75.1 Å². The van der Waals surface area contributed by atoms with Gasteiger partial charge in [0.15, 0.2) is 0 Å². The van der Waals surface area contributed by atoms with Crippen LogP contribution in [0.25, 0.3) is 0 Å². The third-order valence-electron chi connectivity index (χ3n) is 5.01. The van der Waals surface area contributed by atoms with Crippen LogP contribution in [0, 0.1) is 11.3 Å². The van der Waals surface area contributed by atoms with E-state index in [-0.39, 0.29) is 6.61 Å². The second kappa shape index (κ2) is 6.77. The Morgan fingerprint density at radius 3 is 2.12 bits per heavy atom. The summed E-state index contributed by atoms with van der Waals surface area (Å²) in [6, 6.07) is 14.4. The summed E-state index contributed by atoms with van der Waals surface area (Å²) in [7, 11) is -0.536. The van der Waals surface area contributed by atoms with E-state index in [0.29, 0.717) is 22.6 Å². The van der Waals surface area contributed by atoms with E-state index < -0.39 is 18.3 Å². The Bertz CT molecular complexity index is 824. The molecule has 1 aliphatic rings. The van der Waals surface area contributed by atoms with Crippen molar-refractivity contribution in [2.75, 3.05) is 0 Å². The van der Waals surface area contributed by atoms with Gasteiger partial charge in [-0.15, -0.1) is 0 Å². The molecule has 3 rings (SSSR count). The van der Waals surface area contributed by atoms with E-state index in [1.807, 2.05) is 39.8 Å². The highest BCUT2D eigenvalue weighted by molar-refractivity contribution is 6.62. The van der Waals surface area contributed by atoms with Gasteiger partial charge in [-0.3, -0.25) is 0 Å². The summed E-state index contributed by atoms with van der Waals surface area (Å²) in [5, 5.41) is 18.6. The van der Waals surface area contributed by atoms with Gasteiger partial charge in [-0.1, -0.05) is 6.07 Å². The molecule has 0 aliphatic carbocycles. The van der Waals surface area contributed by atoms with E-state index in [1.54, 1.807) is 30.3 Å². The summed E-state index contributed by atoms with van der Waals surface area (Å²) in [5.41, 5.74) is 1.17. The maximum Gasteiger partial charge on any atom is 0.495 e. The minimum atomic E-state index is -0.536. The SMILES string of the molecule is CC1(C)OB(c2ccc(Oc3ccc(C#N)cc3)cc2CO)OC1(C)C. The Hall–Kier alpha value is -2.33. The first-order valence-electron chi connectivity index (χ1n) is 8.53. The van der Waals surface area contributed by atoms with Crippen molar-refractivity contribution in [3.8, 4) is 17.6 Å². The van der Waals surface area contributed by atoms with Gasteiger partial charge in [0.2, 0.25) is 0 Å². The standard InChI is InChI=1S/C20H22BNO4/c1-19(2)20(3,4)26-21(25-19)18-10-9-17(11-15(18)13-23)24-16-7-5-14(12-22)6-8-16/h5-11,23H,13H2,1-4H3. The molecule has 0 amide bonds. The molecule has 0 aromatic heterocycles. The monoisotopic (exact) mass is 351 g/mol. The van der Waals surface area contributed by atoms with Crippen LogP contribution in [0.4, 0.5) is 0 Å². The van der Waals surface area contributed by atoms with Crippen molar-refractivity contribution in [1.82, 2.24) is 0 Å². The lowest BCUT2D eigenvalue weighted by atomic mass is 9.76. The Kier molecular flexibility index (Phi) is 4.81. The number of hydrogen-bond acceptors (Lipinski definition) is 5. The zero-order valence-electron chi connectivity index (χ0n) is 15.4. The molecular weight excluding hydrogens is 329 g/mol. The van der Waals surface area contributed by atoms with E-state index in [9.17, 15) is 5.11 Å². The van der Waals surface area contributed by atoms with E-state index in [2.05, 4.69) is 6.07 Å². The summed E-state index contributed by atoms with van der Waals surface area (Å²) in [5.74, 6) is 1.22. The molecule has 6 heteroatoms. The fourth-order valence-electron chi connectivity index (χ4n) is 2.72. The quantitative estimate of drug-likeness (QED) is 0.857. The lowest BCUT2D eigenvalue weighted by Gasteiger charge is -2.32.